The monoisotopic (exact) mass is 1010 g/mol. The van der Waals surface area contributed by atoms with Gasteiger partial charge in [0.15, 0.2) is 6.10 Å². The number of hydrogen-bond donors (Lipinski definition) is 0. The first kappa shape index (κ1) is 68.2. The molecule has 0 rings (SSSR count). The van der Waals surface area contributed by atoms with Crippen LogP contribution in [0.1, 0.15) is 239 Å². The number of likely N-dealkylation sites (N-methyl/N-ethyl adjacent to an activating group) is 1. The van der Waals surface area contributed by atoms with Crippen LogP contribution >= 0.6 is 7.82 Å². The molecule has 0 bridgehead atoms. The number of quaternary nitrogens is 1. The number of carbonyl (C=O) groups is 2. The van der Waals surface area contributed by atoms with Crippen molar-refractivity contribution in [3.8, 4) is 0 Å². The Kier molecular flexibility index (Phi) is 50.0. The number of phosphoric acid groups is 1. The number of allylic oxidation sites excluding steroid dienone is 14. The molecule has 0 aliphatic rings. The summed E-state index contributed by atoms with van der Waals surface area (Å²) in [6, 6.07) is 0. The minimum Gasteiger partial charge on any atom is -0.756 e. The van der Waals surface area contributed by atoms with Crippen molar-refractivity contribution in [2.75, 3.05) is 47.5 Å². The van der Waals surface area contributed by atoms with Gasteiger partial charge in [-0.15, -0.1) is 0 Å². The number of ether oxygens (including phenoxy) is 2. The van der Waals surface area contributed by atoms with E-state index in [1.54, 1.807) is 0 Å². The molecule has 10 heteroatoms. The zero-order valence-corrected chi connectivity index (χ0v) is 47.3. The molecule has 410 valence electrons. The molecule has 9 nitrogen and oxygen atoms in total. The number of unbranched alkanes of at least 4 members (excludes halogenated alkanes) is 24. The van der Waals surface area contributed by atoms with Gasteiger partial charge in [0.1, 0.15) is 19.8 Å². The Hall–Kier alpha value is -2.81. The van der Waals surface area contributed by atoms with E-state index in [-0.39, 0.29) is 26.1 Å². The molecule has 2 atom stereocenters. The lowest BCUT2D eigenvalue weighted by Gasteiger charge is -2.28. The van der Waals surface area contributed by atoms with Crippen molar-refractivity contribution >= 4 is 19.8 Å². The standard InChI is InChI=1S/C61H108NO8P/c1-6-8-10-12-14-16-18-20-22-23-24-25-26-27-28-29-30-31-32-33-34-35-36-37-38-39-40-42-44-46-48-50-52-54-61(64)70-59(58-69-71(65,66)68-56-55-62(3,4)5)57-67-60(63)53-51-49-47-45-43-41-21-19-17-15-13-11-9-7-2/h8,10,13-16,19-22,24-25,27-28,59H,6-7,9,11-12,17-18,23,26,29-58H2,1-5H3/b10-8-,15-13-,16-14-,21-19-,22-20-,25-24-,28-27-. The van der Waals surface area contributed by atoms with Crippen molar-refractivity contribution in [3.05, 3.63) is 85.1 Å². The Bertz CT molecular complexity index is 1470. The van der Waals surface area contributed by atoms with Crippen molar-refractivity contribution < 1.29 is 42.1 Å². The number of nitrogens with zero attached hydrogens (tertiary/aromatic N) is 1. The van der Waals surface area contributed by atoms with E-state index in [4.69, 9.17) is 18.5 Å². The van der Waals surface area contributed by atoms with Gasteiger partial charge >= 0.3 is 11.9 Å². The number of esters is 2. The van der Waals surface area contributed by atoms with Gasteiger partial charge in [-0.1, -0.05) is 227 Å². The predicted octanol–water partition coefficient (Wildman–Crippen LogP) is 17.2. The molecule has 0 saturated heterocycles. The van der Waals surface area contributed by atoms with E-state index in [0.29, 0.717) is 23.9 Å². The molecule has 0 heterocycles. The van der Waals surface area contributed by atoms with Crippen LogP contribution in [0.15, 0.2) is 85.1 Å². The Morgan fingerprint density at radius 3 is 1.20 bits per heavy atom. The van der Waals surface area contributed by atoms with Crippen LogP contribution in [0.2, 0.25) is 0 Å². The maximum Gasteiger partial charge on any atom is 0.306 e. The lowest BCUT2D eigenvalue weighted by molar-refractivity contribution is -0.870. The third-order valence-corrected chi connectivity index (χ3v) is 13.1. The molecule has 0 N–H and O–H groups in total. The van der Waals surface area contributed by atoms with Gasteiger partial charge in [0.25, 0.3) is 7.82 Å². The van der Waals surface area contributed by atoms with E-state index in [1.165, 1.54) is 103 Å². The zero-order chi connectivity index (χ0) is 52.0. The molecule has 0 fully saturated rings. The van der Waals surface area contributed by atoms with Crippen LogP contribution in [-0.4, -0.2) is 70.0 Å². The molecule has 0 aliphatic carbocycles. The predicted molar refractivity (Wildman–Crippen MR) is 300 cm³/mol. The smallest absolute Gasteiger partial charge is 0.306 e. The fraction of sp³-hybridized carbons (Fsp3) is 0.738. The maximum atomic E-state index is 12.8. The van der Waals surface area contributed by atoms with E-state index < -0.39 is 32.5 Å². The van der Waals surface area contributed by atoms with Crippen molar-refractivity contribution in [3.63, 3.8) is 0 Å². The summed E-state index contributed by atoms with van der Waals surface area (Å²) < 4.78 is 34.1. The average molecular weight is 1010 g/mol. The summed E-state index contributed by atoms with van der Waals surface area (Å²) in [4.78, 5) is 37.8. The Balaban J connectivity index is 4.06. The van der Waals surface area contributed by atoms with Gasteiger partial charge in [-0.2, -0.15) is 0 Å². The summed E-state index contributed by atoms with van der Waals surface area (Å²) in [6.07, 6.45) is 69.2. The van der Waals surface area contributed by atoms with Gasteiger partial charge in [-0.05, 0) is 83.5 Å². The fourth-order valence-corrected chi connectivity index (χ4v) is 8.43. The van der Waals surface area contributed by atoms with E-state index >= 15 is 0 Å². The Morgan fingerprint density at radius 1 is 0.451 bits per heavy atom. The highest BCUT2D eigenvalue weighted by Gasteiger charge is 2.21. The van der Waals surface area contributed by atoms with E-state index in [9.17, 15) is 19.0 Å². The fourth-order valence-electron chi connectivity index (χ4n) is 7.70. The molecule has 0 spiro atoms. The minimum absolute atomic E-state index is 0.0352. The molecule has 0 aromatic heterocycles. The van der Waals surface area contributed by atoms with Crippen LogP contribution < -0.4 is 4.89 Å². The first-order chi connectivity index (χ1) is 34.5. The second kappa shape index (κ2) is 52.1. The Labute approximate surface area is 437 Å². The van der Waals surface area contributed by atoms with Gasteiger partial charge in [-0.25, -0.2) is 0 Å². The lowest BCUT2D eigenvalue weighted by Crippen LogP contribution is -2.37. The third-order valence-electron chi connectivity index (χ3n) is 12.1. The molecular formula is C61H108NO8P. The zero-order valence-electron chi connectivity index (χ0n) is 46.4. The highest BCUT2D eigenvalue weighted by molar-refractivity contribution is 7.45. The SMILES string of the molecule is CC/C=C\C/C=C\C/C=C\C/C=C\C/C=C\CCCCCCCCCCCCCCCCCCCC(=O)OC(COC(=O)CCCCCCC/C=C\C/C=C\CCCC)COP(=O)([O-])OCC[N+](C)(C)C. The molecule has 0 saturated carbocycles. The lowest BCUT2D eigenvalue weighted by atomic mass is 10.0. The van der Waals surface area contributed by atoms with Gasteiger partial charge in [0, 0.05) is 12.8 Å². The van der Waals surface area contributed by atoms with Gasteiger partial charge in [0.05, 0.1) is 27.7 Å². The third kappa shape index (κ3) is 56.3. The molecule has 0 aromatic rings. The van der Waals surface area contributed by atoms with Crippen molar-refractivity contribution in [2.45, 2.75) is 245 Å². The molecule has 0 aliphatic heterocycles. The quantitative estimate of drug-likeness (QED) is 0.0195. The normalized spacial score (nSPS) is 13.9. The maximum absolute atomic E-state index is 12.8. The first-order valence-electron chi connectivity index (χ1n) is 28.8. The van der Waals surface area contributed by atoms with E-state index in [1.807, 2.05) is 21.1 Å². The molecule has 2 unspecified atom stereocenters. The number of phosphoric ester groups is 1. The van der Waals surface area contributed by atoms with Gasteiger partial charge < -0.3 is 27.9 Å². The number of carbonyl (C=O) groups excluding carboxylic acids is 2. The first-order valence-corrected chi connectivity index (χ1v) is 30.3. The molecular weight excluding hydrogens is 906 g/mol. The summed E-state index contributed by atoms with van der Waals surface area (Å²) in [6.45, 7) is 4.07. The van der Waals surface area contributed by atoms with Crippen LogP contribution in [0.4, 0.5) is 0 Å². The Morgan fingerprint density at radius 2 is 0.803 bits per heavy atom. The van der Waals surface area contributed by atoms with Crippen molar-refractivity contribution in [1.29, 1.82) is 0 Å². The van der Waals surface area contributed by atoms with E-state index in [2.05, 4.69) is 98.9 Å². The van der Waals surface area contributed by atoms with Crippen molar-refractivity contribution in [1.82, 2.24) is 0 Å². The summed E-state index contributed by atoms with van der Waals surface area (Å²) in [5.41, 5.74) is 0. The minimum atomic E-state index is -4.64. The second-order valence-corrected chi connectivity index (χ2v) is 21.7. The largest absolute Gasteiger partial charge is 0.756 e. The molecule has 71 heavy (non-hydrogen) atoms. The highest BCUT2D eigenvalue weighted by Crippen LogP contribution is 2.38. The highest BCUT2D eigenvalue weighted by atomic mass is 31.2. The van der Waals surface area contributed by atoms with Crippen LogP contribution in [-0.2, 0) is 32.7 Å². The molecule has 0 radical (unpaired) electrons. The topological polar surface area (TPSA) is 111 Å². The second-order valence-electron chi connectivity index (χ2n) is 20.3. The average Bonchev–Trinajstić information content (AvgIpc) is 3.33. The molecule has 0 amide bonds. The summed E-state index contributed by atoms with van der Waals surface area (Å²) in [7, 11) is 1.16. The summed E-state index contributed by atoms with van der Waals surface area (Å²) >= 11 is 0. The van der Waals surface area contributed by atoms with Crippen LogP contribution in [0, 0.1) is 0 Å². The van der Waals surface area contributed by atoms with Crippen LogP contribution in [0.25, 0.3) is 0 Å². The van der Waals surface area contributed by atoms with E-state index in [0.717, 1.165) is 96.3 Å². The van der Waals surface area contributed by atoms with Crippen molar-refractivity contribution in [2.24, 2.45) is 0 Å². The molecule has 0 aromatic carbocycles. The number of rotatable bonds is 52. The number of hydrogen-bond acceptors (Lipinski definition) is 8. The van der Waals surface area contributed by atoms with Crippen LogP contribution in [0.5, 0.6) is 0 Å². The summed E-state index contributed by atoms with van der Waals surface area (Å²) in [5.74, 6) is -0.848. The van der Waals surface area contributed by atoms with Crippen LogP contribution in [0.3, 0.4) is 0 Å². The van der Waals surface area contributed by atoms with Gasteiger partial charge in [-0.3, -0.25) is 14.2 Å². The summed E-state index contributed by atoms with van der Waals surface area (Å²) in [5, 5.41) is 0. The van der Waals surface area contributed by atoms with Gasteiger partial charge in [0.2, 0.25) is 0 Å².